The first-order valence-electron chi connectivity index (χ1n) is 8.01. The van der Waals surface area contributed by atoms with E-state index in [9.17, 15) is 4.79 Å². The van der Waals surface area contributed by atoms with Gasteiger partial charge < -0.3 is 19.1 Å². The minimum Gasteiger partial charge on any atom is -0.496 e. The zero-order valence-electron chi connectivity index (χ0n) is 14.5. The van der Waals surface area contributed by atoms with Crippen LogP contribution >= 0.6 is 0 Å². The Morgan fingerprint density at radius 3 is 2.78 bits per heavy atom. The number of hydrogen-bond acceptors (Lipinski definition) is 4. The van der Waals surface area contributed by atoms with Crippen LogP contribution in [0.15, 0.2) is 18.2 Å². The Bertz CT molecular complexity index is 622. The van der Waals surface area contributed by atoms with Crippen LogP contribution < -0.4 is 4.74 Å². The zero-order chi connectivity index (χ0) is 16.8. The van der Waals surface area contributed by atoms with Gasteiger partial charge in [0.25, 0.3) is 0 Å². The Hall–Kier alpha value is -1.75. The molecule has 1 saturated heterocycles. The van der Waals surface area contributed by atoms with Crippen LogP contribution in [0.4, 0.5) is 4.79 Å². The molecule has 0 bridgehead atoms. The normalized spacial score (nSPS) is 26.5. The molecule has 0 aliphatic carbocycles. The molecule has 3 rings (SSSR count). The standard InChI is InChI=1S/C18H25NO4/c1-17(2,3)23-16(20)19-9-14-12-7-6-8-15(21-5)13(12)10-22-18(14,4)11-19/h6-8,14H,9-11H2,1-5H3/t14-,18-/m0/s1. The van der Waals surface area contributed by atoms with E-state index < -0.39 is 5.60 Å². The van der Waals surface area contributed by atoms with Gasteiger partial charge in [-0.2, -0.15) is 0 Å². The van der Waals surface area contributed by atoms with Crippen LogP contribution in [-0.2, 0) is 16.1 Å². The lowest BCUT2D eigenvalue weighted by atomic mass is 9.81. The number of fused-ring (bicyclic) bond motifs is 3. The number of carbonyl (C=O) groups excluding carboxylic acids is 1. The van der Waals surface area contributed by atoms with Gasteiger partial charge in [-0.1, -0.05) is 12.1 Å². The number of nitrogens with zero attached hydrogens (tertiary/aromatic N) is 1. The summed E-state index contributed by atoms with van der Waals surface area (Å²) in [7, 11) is 1.67. The molecule has 2 aliphatic rings. The highest BCUT2D eigenvalue weighted by molar-refractivity contribution is 5.69. The van der Waals surface area contributed by atoms with Gasteiger partial charge in [0.1, 0.15) is 11.4 Å². The molecule has 1 amide bonds. The second kappa shape index (κ2) is 5.41. The van der Waals surface area contributed by atoms with Crippen molar-refractivity contribution >= 4 is 6.09 Å². The molecule has 0 aromatic heterocycles. The van der Waals surface area contributed by atoms with E-state index in [0.29, 0.717) is 19.7 Å². The molecule has 2 aliphatic heterocycles. The molecule has 1 aromatic rings. The third-order valence-electron chi connectivity index (χ3n) is 4.61. The first kappa shape index (κ1) is 16.1. The number of hydrogen-bond donors (Lipinski definition) is 0. The van der Waals surface area contributed by atoms with Gasteiger partial charge in [0.2, 0.25) is 0 Å². The number of methoxy groups -OCH3 is 1. The fraction of sp³-hybridized carbons (Fsp3) is 0.611. The number of likely N-dealkylation sites (tertiary alicyclic amines) is 1. The number of ether oxygens (including phenoxy) is 3. The Balaban J connectivity index is 1.87. The molecule has 126 valence electrons. The zero-order valence-corrected chi connectivity index (χ0v) is 14.5. The number of carbonyl (C=O) groups is 1. The summed E-state index contributed by atoms with van der Waals surface area (Å²) in [6.45, 7) is 9.37. The lowest BCUT2D eigenvalue weighted by molar-refractivity contribution is -0.0582. The van der Waals surface area contributed by atoms with E-state index in [4.69, 9.17) is 14.2 Å². The second-order valence-corrected chi connectivity index (χ2v) is 7.54. The summed E-state index contributed by atoms with van der Waals surface area (Å²) in [6, 6.07) is 6.06. The van der Waals surface area contributed by atoms with Gasteiger partial charge >= 0.3 is 6.09 Å². The van der Waals surface area contributed by atoms with Crippen molar-refractivity contribution in [2.45, 2.75) is 51.4 Å². The van der Waals surface area contributed by atoms with Gasteiger partial charge in [-0.05, 0) is 39.3 Å². The van der Waals surface area contributed by atoms with Crippen molar-refractivity contribution in [2.24, 2.45) is 0 Å². The second-order valence-electron chi connectivity index (χ2n) is 7.54. The lowest BCUT2D eigenvalue weighted by Gasteiger charge is -2.37. The average molecular weight is 319 g/mol. The van der Waals surface area contributed by atoms with Crippen LogP contribution in [0.5, 0.6) is 5.75 Å². The Labute approximate surface area is 137 Å². The molecular formula is C18H25NO4. The van der Waals surface area contributed by atoms with Crippen LogP contribution in [0, 0.1) is 0 Å². The summed E-state index contributed by atoms with van der Waals surface area (Å²) in [5.41, 5.74) is 1.43. The molecule has 0 radical (unpaired) electrons. The monoisotopic (exact) mass is 319 g/mol. The maximum Gasteiger partial charge on any atom is 0.410 e. The predicted molar refractivity (Wildman–Crippen MR) is 86.7 cm³/mol. The van der Waals surface area contributed by atoms with Crippen molar-refractivity contribution in [2.75, 3.05) is 20.2 Å². The van der Waals surface area contributed by atoms with E-state index in [-0.39, 0.29) is 17.6 Å². The molecule has 2 atom stereocenters. The highest BCUT2D eigenvalue weighted by Crippen LogP contribution is 2.46. The van der Waals surface area contributed by atoms with Crippen molar-refractivity contribution in [3.63, 3.8) is 0 Å². The van der Waals surface area contributed by atoms with Crippen LogP contribution in [-0.4, -0.2) is 42.4 Å². The van der Waals surface area contributed by atoms with Gasteiger partial charge in [-0.15, -0.1) is 0 Å². The number of rotatable bonds is 1. The predicted octanol–water partition coefficient (Wildman–Crippen LogP) is 3.32. The first-order valence-corrected chi connectivity index (χ1v) is 8.01. The van der Waals surface area contributed by atoms with E-state index in [2.05, 4.69) is 13.0 Å². The van der Waals surface area contributed by atoms with E-state index in [1.807, 2.05) is 32.9 Å². The molecule has 0 spiro atoms. The van der Waals surface area contributed by atoms with E-state index >= 15 is 0 Å². The third kappa shape index (κ3) is 2.90. The topological polar surface area (TPSA) is 48.0 Å². The first-order chi connectivity index (χ1) is 10.7. The third-order valence-corrected chi connectivity index (χ3v) is 4.61. The van der Waals surface area contributed by atoms with Gasteiger partial charge in [0.15, 0.2) is 0 Å². The molecule has 1 fully saturated rings. The average Bonchev–Trinajstić information content (AvgIpc) is 2.83. The number of amides is 1. The molecule has 1 aromatic carbocycles. The fourth-order valence-corrected chi connectivity index (χ4v) is 3.50. The van der Waals surface area contributed by atoms with Gasteiger partial charge in [-0.3, -0.25) is 0 Å². The quantitative estimate of drug-likeness (QED) is 0.797. The molecular weight excluding hydrogens is 294 g/mol. The molecule has 0 N–H and O–H groups in total. The highest BCUT2D eigenvalue weighted by Gasteiger charge is 2.50. The van der Waals surface area contributed by atoms with Gasteiger partial charge in [0.05, 0.1) is 25.9 Å². The Morgan fingerprint density at radius 2 is 2.13 bits per heavy atom. The van der Waals surface area contributed by atoms with Crippen molar-refractivity contribution in [1.82, 2.24) is 4.90 Å². The summed E-state index contributed by atoms with van der Waals surface area (Å²) >= 11 is 0. The molecule has 2 heterocycles. The van der Waals surface area contributed by atoms with Crippen LogP contribution in [0.2, 0.25) is 0 Å². The summed E-state index contributed by atoms with van der Waals surface area (Å²) in [5, 5.41) is 0. The minimum absolute atomic E-state index is 0.133. The molecule has 5 nitrogen and oxygen atoms in total. The maximum atomic E-state index is 12.4. The van der Waals surface area contributed by atoms with E-state index in [1.165, 1.54) is 5.56 Å². The van der Waals surface area contributed by atoms with Crippen LogP contribution in [0.1, 0.15) is 44.7 Å². The van der Waals surface area contributed by atoms with Crippen molar-refractivity contribution in [3.05, 3.63) is 29.3 Å². The summed E-state index contributed by atoms with van der Waals surface area (Å²) in [4.78, 5) is 14.2. The Kier molecular flexibility index (Phi) is 3.79. The highest BCUT2D eigenvalue weighted by atomic mass is 16.6. The van der Waals surface area contributed by atoms with E-state index in [1.54, 1.807) is 12.0 Å². The SMILES string of the molecule is COc1cccc2c1CO[C@@]1(C)CN(C(=O)OC(C)(C)C)C[C@@H]21. The summed E-state index contributed by atoms with van der Waals surface area (Å²) < 4.78 is 17.1. The van der Waals surface area contributed by atoms with Crippen LogP contribution in [0.3, 0.4) is 0 Å². The summed E-state index contributed by atoms with van der Waals surface area (Å²) in [6.07, 6.45) is -0.277. The maximum absolute atomic E-state index is 12.4. The molecule has 0 unspecified atom stereocenters. The summed E-state index contributed by atoms with van der Waals surface area (Å²) in [5.74, 6) is 0.981. The fourth-order valence-electron chi connectivity index (χ4n) is 3.50. The van der Waals surface area contributed by atoms with Crippen molar-refractivity contribution in [3.8, 4) is 5.75 Å². The van der Waals surface area contributed by atoms with Gasteiger partial charge in [0, 0.05) is 18.0 Å². The van der Waals surface area contributed by atoms with Crippen LogP contribution in [0.25, 0.3) is 0 Å². The minimum atomic E-state index is -0.492. The smallest absolute Gasteiger partial charge is 0.410 e. The Morgan fingerprint density at radius 1 is 1.39 bits per heavy atom. The molecule has 23 heavy (non-hydrogen) atoms. The van der Waals surface area contributed by atoms with Gasteiger partial charge in [-0.25, -0.2) is 4.79 Å². The largest absolute Gasteiger partial charge is 0.496 e. The molecule has 5 heteroatoms. The molecule has 0 saturated carbocycles. The van der Waals surface area contributed by atoms with E-state index in [0.717, 1.165) is 11.3 Å². The number of benzene rings is 1. The van der Waals surface area contributed by atoms with Crippen molar-refractivity contribution < 1.29 is 19.0 Å². The van der Waals surface area contributed by atoms with Crippen molar-refractivity contribution in [1.29, 1.82) is 0 Å². The lowest BCUT2D eigenvalue weighted by Crippen LogP contribution is -2.41.